The number of nitrogens with zero attached hydrogens (tertiary/aromatic N) is 2. The summed E-state index contributed by atoms with van der Waals surface area (Å²) in [7, 11) is 3.19. The molecule has 0 fully saturated rings. The van der Waals surface area contributed by atoms with Gasteiger partial charge in [0.05, 0.1) is 20.3 Å². The first-order chi connectivity index (χ1) is 8.90. The average Bonchev–Trinajstić information content (AvgIpc) is 2.36. The van der Waals surface area contributed by atoms with Gasteiger partial charge < -0.3 is 14.8 Å². The minimum Gasteiger partial charge on any atom is -0.481 e. The summed E-state index contributed by atoms with van der Waals surface area (Å²) in [6, 6.07) is 1.98. The van der Waals surface area contributed by atoms with E-state index in [1.54, 1.807) is 20.3 Å². The van der Waals surface area contributed by atoms with E-state index in [1.165, 1.54) is 0 Å². The average molecular weight is 267 g/mol. The summed E-state index contributed by atoms with van der Waals surface area (Å²) in [4.78, 5) is 8.76. The second kappa shape index (κ2) is 6.70. The number of likely N-dealkylation sites (N-methyl/N-ethyl adjacent to an activating group) is 1. The predicted octanol–water partition coefficient (Wildman–Crippen LogP) is 2.06. The van der Waals surface area contributed by atoms with Crippen molar-refractivity contribution in [3.05, 3.63) is 11.9 Å². The molecule has 0 spiro atoms. The number of hydrogen-bond acceptors (Lipinski definition) is 5. The predicted molar refractivity (Wildman–Crippen MR) is 75.8 cm³/mol. The highest BCUT2D eigenvalue weighted by atomic mass is 16.5. The lowest BCUT2D eigenvalue weighted by molar-refractivity contribution is 0.265. The van der Waals surface area contributed by atoms with Crippen molar-refractivity contribution < 1.29 is 9.47 Å². The molecule has 0 saturated carbocycles. The Morgan fingerprint density at radius 1 is 1.16 bits per heavy atom. The van der Waals surface area contributed by atoms with Crippen LogP contribution in [-0.2, 0) is 6.42 Å². The van der Waals surface area contributed by atoms with Crippen LogP contribution in [0, 0.1) is 5.41 Å². The van der Waals surface area contributed by atoms with Gasteiger partial charge in [-0.25, -0.2) is 0 Å². The molecule has 1 aromatic rings. The highest BCUT2D eigenvalue weighted by Crippen LogP contribution is 2.23. The quantitative estimate of drug-likeness (QED) is 0.855. The molecule has 1 N–H and O–H groups in total. The number of ether oxygens (including phenoxy) is 2. The largest absolute Gasteiger partial charge is 0.481 e. The monoisotopic (exact) mass is 267 g/mol. The second-order valence-corrected chi connectivity index (χ2v) is 5.55. The van der Waals surface area contributed by atoms with Crippen molar-refractivity contribution in [1.82, 2.24) is 15.3 Å². The molecular formula is C14H25N3O2. The maximum absolute atomic E-state index is 5.17. The Labute approximate surface area is 115 Å². The van der Waals surface area contributed by atoms with Crippen molar-refractivity contribution in [3.63, 3.8) is 0 Å². The van der Waals surface area contributed by atoms with E-state index >= 15 is 0 Å². The standard InChI is InChI=1S/C14H25N3O2/c1-7-15-10(14(2,3)4)8-11-16-12(18-5)9-13(17-11)19-6/h9-10,15H,7-8H2,1-6H3. The van der Waals surface area contributed by atoms with Crippen LogP contribution in [0.15, 0.2) is 6.07 Å². The molecule has 0 aromatic carbocycles. The van der Waals surface area contributed by atoms with Crippen LogP contribution in [-0.4, -0.2) is 36.8 Å². The van der Waals surface area contributed by atoms with Crippen LogP contribution in [0.3, 0.4) is 0 Å². The fraction of sp³-hybridized carbons (Fsp3) is 0.714. The van der Waals surface area contributed by atoms with Gasteiger partial charge in [0.2, 0.25) is 11.8 Å². The summed E-state index contributed by atoms with van der Waals surface area (Å²) in [5, 5.41) is 3.48. The van der Waals surface area contributed by atoms with E-state index < -0.39 is 0 Å². The zero-order chi connectivity index (χ0) is 14.5. The first-order valence-corrected chi connectivity index (χ1v) is 6.60. The molecule has 0 aliphatic rings. The van der Waals surface area contributed by atoms with Gasteiger partial charge in [-0.2, -0.15) is 9.97 Å². The Balaban J connectivity index is 2.95. The van der Waals surface area contributed by atoms with Gasteiger partial charge >= 0.3 is 0 Å². The van der Waals surface area contributed by atoms with Crippen molar-refractivity contribution in [3.8, 4) is 11.8 Å². The molecule has 1 atom stereocenters. The SMILES string of the molecule is CCNC(Cc1nc(OC)cc(OC)n1)C(C)(C)C. The minimum absolute atomic E-state index is 0.135. The van der Waals surface area contributed by atoms with Crippen LogP contribution in [0.4, 0.5) is 0 Å². The Hall–Kier alpha value is -1.36. The third-order valence-corrected chi connectivity index (χ3v) is 3.03. The van der Waals surface area contributed by atoms with Gasteiger partial charge in [0.25, 0.3) is 0 Å². The number of methoxy groups -OCH3 is 2. The minimum atomic E-state index is 0.135. The summed E-state index contributed by atoms with van der Waals surface area (Å²) in [6.07, 6.45) is 0.741. The topological polar surface area (TPSA) is 56.3 Å². The molecule has 1 aromatic heterocycles. The molecule has 1 unspecified atom stereocenters. The maximum Gasteiger partial charge on any atom is 0.220 e. The summed E-state index contributed by atoms with van der Waals surface area (Å²) in [6.45, 7) is 9.64. The van der Waals surface area contributed by atoms with E-state index in [-0.39, 0.29) is 5.41 Å². The van der Waals surface area contributed by atoms with E-state index in [2.05, 4.69) is 43.0 Å². The zero-order valence-corrected chi connectivity index (χ0v) is 12.8. The molecule has 0 amide bonds. The van der Waals surface area contributed by atoms with Crippen molar-refractivity contribution in [2.75, 3.05) is 20.8 Å². The Morgan fingerprint density at radius 2 is 1.68 bits per heavy atom. The summed E-state index contributed by atoms with van der Waals surface area (Å²) in [5.74, 6) is 1.80. The van der Waals surface area contributed by atoms with Crippen LogP contribution in [0.25, 0.3) is 0 Å². The number of nitrogens with one attached hydrogen (secondary N) is 1. The third kappa shape index (κ3) is 4.67. The molecule has 0 radical (unpaired) electrons. The molecule has 19 heavy (non-hydrogen) atoms. The number of hydrogen-bond donors (Lipinski definition) is 1. The molecule has 5 heteroatoms. The highest BCUT2D eigenvalue weighted by molar-refractivity contribution is 5.21. The molecule has 1 rings (SSSR count). The summed E-state index contributed by atoms with van der Waals surface area (Å²) < 4.78 is 10.3. The molecule has 0 saturated heterocycles. The normalized spacial score (nSPS) is 13.2. The van der Waals surface area contributed by atoms with Gasteiger partial charge in [-0.15, -0.1) is 0 Å². The molecule has 0 aliphatic heterocycles. The van der Waals surface area contributed by atoms with Gasteiger partial charge in [0, 0.05) is 12.5 Å². The summed E-state index contributed by atoms with van der Waals surface area (Å²) in [5.41, 5.74) is 0.135. The Morgan fingerprint density at radius 3 is 2.05 bits per heavy atom. The van der Waals surface area contributed by atoms with Gasteiger partial charge in [-0.3, -0.25) is 0 Å². The molecular weight excluding hydrogens is 242 g/mol. The summed E-state index contributed by atoms with van der Waals surface area (Å²) >= 11 is 0. The van der Waals surface area contributed by atoms with Crippen LogP contribution in [0.2, 0.25) is 0 Å². The molecule has 0 aliphatic carbocycles. The first kappa shape index (κ1) is 15.7. The van der Waals surface area contributed by atoms with Crippen molar-refractivity contribution in [2.45, 2.75) is 40.2 Å². The van der Waals surface area contributed by atoms with Crippen molar-refractivity contribution >= 4 is 0 Å². The van der Waals surface area contributed by atoms with E-state index in [0.29, 0.717) is 17.8 Å². The van der Waals surface area contributed by atoms with Gasteiger partial charge in [0.15, 0.2) is 0 Å². The Bertz CT molecular complexity index is 380. The maximum atomic E-state index is 5.17. The van der Waals surface area contributed by atoms with Crippen molar-refractivity contribution in [2.24, 2.45) is 5.41 Å². The molecule has 1 heterocycles. The lowest BCUT2D eigenvalue weighted by atomic mass is 9.84. The van der Waals surface area contributed by atoms with Crippen molar-refractivity contribution in [1.29, 1.82) is 0 Å². The first-order valence-electron chi connectivity index (χ1n) is 6.60. The lowest BCUT2D eigenvalue weighted by Crippen LogP contribution is -2.42. The molecule has 0 bridgehead atoms. The van der Waals surface area contributed by atoms with Gasteiger partial charge in [-0.05, 0) is 12.0 Å². The van der Waals surface area contributed by atoms with Crippen LogP contribution >= 0.6 is 0 Å². The molecule has 5 nitrogen and oxygen atoms in total. The van der Waals surface area contributed by atoms with Crippen LogP contribution in [0.1, 0.15) is 33.5 Å². The van der Waals surface area contributed by atoms with Gasteiger partial charge in [0.1, 0.15) is 5.82 Å². The lowest BCUT2D eigenvalue weighted by Gasteiger charge is -2.31. The van der Waals surface area contributed by atoms with E-state index in [1.807, 2.05) is 0 Å². The fourth-order valence-electron chi connectivity index (χ4n) is 1.86. The zero-order valence-electron chi connectivity index (χ0n) is 12.8. The second-order valence-electron chi connectivity index (χ2n) is 5.55. The van der Waals surface area contributed by atoms with E-state index in [0.717, 1.165) is 18.8 Å². The number of rotatable bonds is 6. The Kier molecular flexibility index (Phi) is 5.54. The highest BCUT2D eigenvalue weighted by Gasteiger charge is 2.25. The smallest absolute Gasteiger partial charge is 0.220 e. The van der Waals surface area contributed by atoms with Gasteiger partial charge in [-0.1, -0.05) is 27.7 Å². The molecule has 108 valence electrons. The van der Waals surface area contributed by atoms with E-state index in [4.69, 9.17) is 9.47 Å². The number of aromatic nitrogens is 2. The third-order valence-electron chi connectivity index (χ3n) is 3.03. The van der Waals surface area contributed by atoms with E-state index in [9.17, 15) is 0 Å². The van der Waals surface area contributed by atoms with Crippen LogP contribution < -0.4 is 14.8 Å². The fourth-order valence-corrected chi connectivity index (χ4v) is 1.86. The van der Waals surface area contributed by atoms with Crippen LogP contribution in [0.5, 0.6) is 11.8 Å².